The summed E-state index contributed by atoms with van der Waals surface area (Å²) in [5.41, 5.74) is 0. The number of unbranched alkanes of at least 4 members (excludes halogenated alkanes) is 13. The van der Waals surface area contributed by atoms with Crippen molar-refractivity contribution in [2.24, 2.45) is 0 Å². The number of allylic oxidation sites excluding steroid dienone is 26. The molecule has 9 nitrogen and oxygen atoms in total. The molecule has 1 N–H and O–H groups in total. The molecule has 0 fully saturated rings. The summed E-state index contributed by atoms with van der Waals surface area (Å²) in [5.74, 6) is -0.854. The van der Waals surface area contributed by atoms with Crippen LogP contribution in [0.3, 0.4) is 0 Å². The van der Waals surface area contributed by atoms with E-state index >= 15 is 0 Å². The van der Waals surface area contributed by atoms with E-state index in [2.05, 4.69) is 172 Å². The molecule has 0 saturated heterocycles. The van der Waals surface area contributed by atoms with Gasteiger partial charge in [0.2, 0.25) is 0 Å². The van der Waals surface area contributed by atoms with Crippen LogP contribution in [0.25, 0.3) is 0 Å². The Hall–Kier alpha value is -4.37. The van der Waals surface area contributed by atoms with Crippen LogP contribution >= 0.6 is 7.82 Å². The summed E-state index contributed by atoms with van der Waals surface area (Å²) < 4.78 is 34.6. The first-order valence-electron chi connectivity index (χ1n) is 30.2. The van der Waals surface area contributed by atoms with Gasteiger partial charge < -0.3 is 18.9 Å². The highest BCUT2D eigenvalue weighted by Crippen LogP contribution is 2.43. The van der Waals surface area contributed by atoms with Crippen molar-refractivity contribution >= 4 is 19.8 Å². The van der Waals surface area contributed by atoms with Gasteiger partial charge >= 0.3 is 19.8 Å². The molecule has 10 heteroatoms. The van der Waals surface area contributed by atoms with Crippen LogP contribution in [0.15, 0.2) is 158 Å². The highest BCUT2D eigenvalue weighted by molar-refractivity contribution is 7.47. The van der Waals surface area contributed by atoms with E-state index in [1.165, 1.54) is 38.5 Å². The smallest absolute Gasteiger partial charge is 0.462 e. The lowest BCUT2D eigenvalue weighted by Crippen LogP contribution is -2.37. The molecule has 0 saturated carbocycles. The van der Waals surface area contributed by atoms with Crippen molar-refractivity contribution < 1.29 is 42.1 Å². The predicted molar refractivity (Wildman–Crippen MR) is 334 cm³/mol. The number of ether oxygens (including phenoxy) is 2. The number of nitrogens with zero attached hydrogens (tertiary/aromatic N) is 1. The third kappa shape index (κ3) is 60.9. The molecule has 0 radical (unpaired) electrons. The second kappa shape index (κ2) is 57.3. The predicted octanol–water partition coefficient (Wildman–Crippen LogP) is 19.3. The first kappa shape index (κ1) is 73.6. The molecule has 0 amide bonds. The second-order valence-electron chi connectivity index (χ2n) is 20.6. The van der Waals surface area contributed by atoms with Crippen molar-refractivity contribution in [3.8, 4) is 0 Å². The summed E-state index contributed by atoms with van der Waals surface area (Å²) >= 11 is 0. The van der Waals surface area contributed by atoms with Crippen molar-refractivity contribution in [2.75, 3.05) is 47.5 Å². The van der Waals surface area contributed by atoms with Gasteiger partial charge in [0.15, 0.2) is 6.10 Å². The number of likely N-dealkylation sites (N-methyl/N-ethyl adjacent to an activating group) is 1. The molecular weight excluding hydrogens is 990 g/mol. The zero-order valence-corrected chi connectivity index (χ0v) is 50.7. The molecule has 0 aliphatic rings. The maximum absolute atomic E-state index is 12.8. The van der Waals surface area contributed by atoms with Crippen molar-refractivity contribution in [1.29, 1.82) is 0 Å². The molecule has 0 rings (SSSR count). The fourth-order valence-corrected chi connectivity index (χ4v) is 8.21. The molecule has 78 heavy (non-hydrogen) atoms. The van der Waals surface area contributed by atoms with Crippen LogP contribution in [0.2, 0.25) is 0 Å². The number of quaternary nitrogens is 1. The van der Waals surface area contributed by atoms with Gasteiger partial charge in [-0.15, -0.1) is 0 Å². The van der Waals surface area contributed by atoms with Crippen LogP contribution in [0, 0.1) is 0 Å². The average molecular weight is 1100 g/mol. The topological polar surface area (TPSA) is 108 Å². The van der Waals surface area contributed by atoms with Gasteiger partial charge in [0.05, 0.1) is 27.7 Å². The van der Waals surface area contributed by atoms with Gasteiger partial charge in [0.25, 0.3) is 0 Å². The Morgan fingerprint density at radius 1 is 0.397 bits per heavy atom. The van der Waals surface area contributed by atoms with Crippen molar-refractivity contribution in [3.05, 3.63) is 158 Å². The van der Waals surface area contributed by atoms with Crippen molar-refractivity contribution in [3.63, 3.8) is 0 Å². The van der Waals surface area contributed by atoms with Gasteiger partial charge in [-0.05, 0) is 122 Å². The molecule has 0 aromatic carbocycles. The van der Waals surface area contributed by atoms with E-state index in [1.54, 1.807) is 0 Å². The molecular formula is C68H111NO8P+. The highest BCUT2D eigenvalue weighted by Gasteiger charge is 2.27. The number of phosphoric ester groups is 1. The largest absolute Gasteiger partial charge is 0.472 e. The van der Waals surface area contributed by atoms with Gasteiger partial charge in [-0.2, -0.15) is 0 Å². The van der Waals surface area contributed by atoms with E-state index in [-0.39, 0.29) is 32.0 Å². The lowest BCUT2D eigenvalue weighted by Gasteiger charge is -2.24. The van der Waals surface area contributed by atoms with Crippen molar-refractivity contribution in [2.45, 2.75) is 213 Å². The van der Waals surface area contributed by atoms with E-state index in [0.29, 0.717) is 17.4 Å². The minimum absolute atomic E-state index is 0.0146. The Balaban J connectivity index is 4.27. The molecule has 0 heterocycles. The lowest BCUT2D eigenvalue weighted by atomic mass is 10.1. The summed E-state index contributed by atoms with van der Waals surface area (Å²) in [7, 11) is 1.43. The van der Waals surface area contributed by atoms with Crippen LogP contribution in [0.5, 0.6) is 0 Å². The fraction of sp³-hybridized carbons (Fsp3) is 0.588. The number of hydrogen-bond donors (Lipinski definition) is 1. The van der Waals surface area contributed by atoms with Crippen LogP contribution in [-0.4, -0.2) is 74.9 Å². The molecule has 0 aliphatic heterocycles. The first-order chi connectivity index (χ1) is 38.0. The van der Waals surface area contributed by atoms with E-state index in [0.717, 1.165) is 135 Å². The normalized spacial score (nSPS) is 14.4. The SMILES string of the molecule is CC/C=C\C/C=C\C/C=C\C/C=C\C/C=C\C/C=C\C/C=C\CCCCCC(=O)OC(COC(=O)CCCCCCCCCCCC/C=C\C/C=C\C/C=C\C/C=C\C/C=C\C/C=C\CC)COP(=O)(O)OCC[N+](C)(C)C. The Bertz CT molecular complexity index is 1870. The van der Waals surface area contributed by atoms with Crippen LogP contribution in [0.1, 0.15) is 206 Å². The first-order valence-corrected chi connectivity index (χ1v) is 31.7. The third-order valence-electron chi connectivity index (χ3n) is 12.1. The minimum atomic E-state index is -4.41. The van der Waals surface area contributed by atoms with Gasteiger partial charge in [0.1, 0.15) is 19.8 Å². The van der Waals surface area contributed by atoms with Gasteiger partial charge in [-0.3, -0.25) is 18.6 Å². The molecule has 0 aliphatic carbocycles. The number of rotatable bonds is 53. The van der Waals surface area contributed by atoms with E-state index in [1.807, 2.05) is 21.1 Å². The number of hydrogen-bond acceptors (Lipinski definition) is 7. The number of esters is 2. The van der Waals surface area contributed by atoms with Gasteiger partial charge in [-0.25, -0.2) is 4.57 Å². The summed E-state index contributed by atoms with van der Waals surface area (Å²) in [6, 6.07) is 0. The Morgan fingerprint density at radius 2 is 0.692 bits per heavy atom. The van der Waals surface area contributed by atoms with Crippen LogP contribution in [-0.2, 0) is 32.7 Å². The Labute approximate surface area is 477 Å². The highest BCUT2D eigenvalue weighted by atomic mass is 31.2. The number of carbonyl (C=O) groups excluding carboxylic acids is 2. The summed E-state index contributed by atoms with van der Waals surface area (Å²) in [6.07, 6.45) is 86.0. The molecule has 0 bridgehead atoms. The van der Waals surface area contributed by atoms with Crippen LogP contribution in [0.4, 0.5) is 0 Å². The number of carbonyl (C=O) groups is 2. The van der Waals surface area contributed by atoms with Gasteiger partial charge in [0, 0.05) is 12.8 Å². The average Bonchev–Trinajstić information content (AvgIpc) is 3.40. The minimum Gasteiger partial charge on any atom is -0.462 e. The fourth-order valence-electron chi connectivity index (χ4n) is 7.47. The monoisotopic (exact) mass is 1100 g/mol. The van der Waals surface area contributed by atoms with Gasteiger partial charge in [-0.1, -0.05) is 230 Å². The summed E-state index contributed by atoms with van der Waals surface area (Å²) in [4.78, 5) is 35.7. The zero-order valence-electron chi connectivity index (χ0n) is 49.8. The van der Waals surface area contributed by atoms with E-state index in [4.69, 9.17) is 18.5 Å². The van der Waals surface area contributed by atoms with Crippen molar-refractivity contribution in [1.82, 2.24) is 0 Å². The maximum atomic E-state index is 12.8. The van der Waals surface area contributed by atoms with E-state index < -0.39 is 26.5 Å². The maximum Gasteiger partial charge on any atom is 0.472 e. The van der Waals surface area contributed by atoms with Crippen LogP contribution < -0.4 is 0 Å². The molecule has 2 atom stereocenters. The molecule has 440 valence electrons. The second-order valence-corrected chi connectivity index (χ2v) is 22.1. The standard InChI is InChI=1S/C68H110NO8P/c1-6-8-10-12-14-16-18-20-22-24-26-28-30-32-33-34-35-37-38-40-42-44-46-48-50-52-54-56-58-60-67(70)74-64-66(65-76-78(72,73)75-63-62-69(3,4)5)77-68(71)61-59-57-55-53-51-49-47-45-43-41-39-36-31-29-27-25-23-21-19-17-15-13-11-9-7-2/h8-11,14-17,20-23,26-29,32-33,35-37,39,43,45,49,51,66H,6-7,12-13,18-19,24-25,30-31,34,38,40-42,44,46-48,50,52-65H2,1-5H3/p+1/b10-8-,11-9-,16-14-,17-15-,22-20-,23-21-,28-26-,29-27-,33-32-,37-35-,39-36-,45-43-,51-49-. The molecule has 0 aromatic rings. The lowest BCUT2D eigenvalue weighted by molar-refractivity contribution is -0.870. The quantitative estimate of drug-likeness (QED) is 0.0211. The number of phosphoric acid groups is 1. The molecule has 0 spiro atoms. The Kier molecular flexibility index (Phi) is 54.1. The zero-order chi connectivity index (χ0) is 57.0. The summed E-state index contributed by atoms with van der Waals surface area (Å²) in [6.45, 7) is 4.14. The van der Waals surface area contributed by atoms with E-state index in [9.17, 15) is 19.0 Å². The summed E-state index contributed by atoms with van der Waals surface area (Å²) in [5, 5.41) is 0. The molecule has 0 aromatic heterocycles. The third-order valence-corrected chi connectivity index (χ3v) is 13.0. The Morgan fingerprint density at radius 3 is 1.04 bits per heavy atom. The molecule has 2 unspecified atom stereocenters.